The number of hydrogen-bond donors (Lipinski definition) is 1. The number of urea groups is 1. The van der Waals surface area contributed by atoms with Crippen LogP contribution in [0.1, 0.15) is 12.5 Å². The number of hydrogen-bond acceptors (Lipinski definition) is 4. The van der Waals surface area contributed by atoms with E-state index in [1.807, 2.05) is 0 Å². The molecule has 1 saturated heterocycles. The molecule has 0 saturated carbocycles. The van der Waals surface area contributed by atoms with Crippen molar-refractivity contribution in [1.82, 2.24) is 5.32 Å². The molecule has 0 aromatic heterocycles. The summed E-state index contributed by atoms with van der Waals surface area (Å²) in [6, 6.07) is 10.5. The third-order valence-electron chi connectivity index (χ3n) is 3.74. The number of ether oxygens (including phenoxy) is 1. The molecule has 0 spiro atoms. The standard InChI is InChI=1S/C19H14Cl2N2O4/c1-2-27-16-14(20)9-11(10-15(16)21)8-13-17(24)22-19(26)23(18(13)25)12-6-4-3-5-7-12/h3-10H,2H2,1H3,(H,22,24,26)/b13-8+. The van der Waals surface area contributed by atoms with E-state index in [1.54, 1.807) is 37.3 Å². The van der Waals surface area contributed by atoms with Crippen molar-refractivity contribution in [3.8, 4) is 5.75 Å². The number of carbonyl (C=O) groups is 3. The summed E-state index contributed by atoms with van der Waals surface area (Å²) in [5.41, 5.74) is 0.560. The van der Waals surface area contributed by atoms with E-state index < -0.39 is 17.8 Å². The highest BCUT2D eigenvalue weighted by Gasteiger charge is 2.36. The van der Waals surface area contributed by atoms with Crippen LogP contribution in [0.4, 0.5) is 10.5 Å². The van der Waals surface area contributed by atoms with Crippen LogP contribution < -0.4 is 15.0 Å². The van der Waals surface area contributed by atoms with Gasteiger partial charge in [-0.05, 0) is 42.8 Å². The van der Waals surface area contributed by atoms with Crippen LogP contribution in [-0.4, -0.2) is 24.5 Å². The van der Waals surface area contributed by atoms with E-state index >= 15 is 0 Å². The Morgan fingerprint density at radius 1 is 1.07 bits per heavy atom. The SMILES string of the molecule is CCOc1c(Cl)cc(/C=C2\C(=O)NC(=O)N(c3ccccc3)C2=O)cc1Cl. The van der Waals surface area contributed by atoms with Crippen molar-refractivity contribution < 1.29 is 19.1 Å². The first kappa shape index (κ1) is 18.9. The van der Waals surface area contributed by atoms with Crippen LogP contribution in [0.25, 0.3) is 6.08 Å². The van der Waals surface area contributed by atoms with Crippen LogP contribution >= 0.6 is 23.2 Å². The van der Waals surface area contributed by atoms with Gasteiger partial charge in [0, 0.05) is 0 Å². The first-order valence-corrected chi connectivity index (χ1v) is 8.76. The Morgan fingerprint density at radius 3 is 2.30 bits per heavy atom. The van der Waals surface area contributed by atoms with Gasteiger partial charge in [0.05, 0.1) is 22.3 Å². The third kappa shape index (κ3) is 3.82. The van der Waals surface area contributed by atoms with Crippen LogP contribution in [0.15, 0.2) is 48.0 Å². The van der Waals surface area contributed by atoms with Crippen molar-refractivity contribution in [3.05, 3.63) is 63.6 Å². The Hall–Kier alpha value is -2.83. The lowest BCUT2D eigenvalue weighted by Gasteiger charge is -2.26. The molecule has 2 aromatic carbocycles. The minimum atomic E-state index is -0.809. The van der Waals surface area contributed by atoms with Gasteiger partial charge in [-0.2, -0.15) is 0 Å². The lowest BCUT2D eigenvalue weighted by atomic mass is 10.1. The summed E-state index contributed by atoms with van der Waals surface area (Å²) >= 11 is 12.3. The van der Waals surface area contributed by atoms with Crippen molar-refractivity contribution in [2.45, 2.75) is 6.92 Å². The van der Waals surface area contributed by atoms with E-state index in [4.69, 9.17) is 27.9 Å². The fourth-order valence-corrected chi connectivity index (χ4v) is 3.19. The van der Waals surface area contributed by atoms with Crippen LogP contribution in [0.3, 0.4) is 0 Å². The first-order valence-electron chi connectivity index (χ1n) is 8.00. The highest BCUT2D eigenvalue weighted by atomic mass is 35.5. The second-order valence-electron chi connectivity index (χ2n) is 5.54. The normalized spacial score (nSPS) is 15.9. The highest BCUT2D eigenvalue weighted by Crippen LogP contribution is 2.35. The van der Waals surface area contributed by atoms with E-state index in [0.29, 0.717) is 23.6 Å². The van der Waals surface area contributed by atoms with E-state index in [2.05, 4.69) is 5.32 Å². The van der Waals surface area contributed by atoms with E-state index in [-0.39, 0.29) is 15.6 Å². The second kappa shape index (κ2) is 7.82. The number of halogens is 2. The lowest BCUT2D eigenvalue weighted by molar-refractivity contribution is -0.122. The molecule has 1 aliphatic rings. The van der Waals surface area contributed by atoms with Crippen molar-refractivity contribution in [2.24, 2.45) is 0 Å². The van der Waals surface area contributed by atoms with Gasteiger partial charge in [-0.3, -0.25) is 14.9 Å². The maximum Gasteiger partial charge on any atom is 0.335 e. The topological polar surface area (TPSA) is 75.7 Å². The predicted octanol–water partition coefficient (Wildman–Crippen LogP) is 4.06. The number of nitrogens with one attached hydrogen (secondary N) is 1. The summed E-state index contributed by atoms with van der Waals surface area (Å²) < 4.78 is 5.36. The second-order valence-corrected chi connectivity index (χ2v) is 6.35. The van der Waals surface area contributed by atoms with Gasteiger partial charge in [-0.15, -0.1) is 0 Å². The van der Waals surface area contributed by atoms with Gasteiger partial charge in [-0.25, -0.2) is 9.69 Å². The summed E-state index contributed by atoms with van der Waals surface area (Å²) in [7, 11) is 0. The fourth-order valence-electron chi connectivity index (χ4n) is 2.58. The number of carbonyl (C=O) groups excluding carboxylic acids is 3. The average Bonchev–Trinajstić information content (AvgIpc) is 2.62. The number of barbiturate groups is 1. The number of para-hydroxylation sites is 1. The van der Waals surface area contributed by atoms with Gasteiger partial charge in [0.15, 0.2) is 5.75 Å². The van der Waals surface area contributed by atoms with Crippen LogP contribution in [0.5, 0.6) is 5.75 Å². The minimum Gasteiger partial charge on any atom is -0.491 e. The predicted molar refractivity (Wildman–Crippen MR) is 103 cm³/mol. The van der Waals surface area contributed by atoms with Gasteiger partial charge in [0.1, 0.15) is 5.57 Å². The molecule has 4 amide bonds. The highest BCUT2D eigenvalue weighted by molar-refractivity contribution is 6.40. The Morgan fingerprint density at radius 2 is 1.70 bits per heavy atom. The molecule has 1 heterocycles. The van der Waals surface area contributed by atoms with Crippen molar-refractivity contribution in [2.75, 3.05) is 11.5 Å². The van der Waals surface area contributed by atoms with E-state index in [0.717, 1.165) is 4.90 Å². The number of anilines is 1. The maximum absolute atomic E-state index is 12.8. The molecule has 6 nitrogen and oxygen atoms in total. The van der Waals surface area contributed by atoms with Crippen LogP contribution in [0, 0.1) is 0 Å². The molecule has 8 heteroatoms. The monoisotopic (exact) mass is 404 g/mol. The minimum absolute atomic E-state index is 0.213. The molecule has 1 aliphatic heterocycles. The molecule has 0 radical (unpaired) electrons. The quantitative estimate of drug-likeness (QED) is 0.615. The van der Waals surface area contributed by atoms with Gasteiger partial charge in [0.25, 0.3) is 11.8 Å². The molecule has 0 aliphatic carbocycles. The Bertz CT molecular complexity index is 934. The molecule has 0 atom stereocenters. The lowest BCUT2D eigenvalue weighted by Crippen LogP contribution is -2.54. The van der Waals surface area contributed by atoms with E-state index in [1.165, 1.54) is 18.2 Å². The summed E-state index contributed by atoms with van der Waals surface area (Å²) in [6.45, 7) is 2.18. The molecule has 27 heavy (non-hydrogen) atoms. The molecular formula is C19H14Cl2N2O4. The Labute approximate surface area is 165 Å². The van der Waals surface area contributed by atoms with Gasteiger partial charge in [-0.1, -0.05) is 41.4 Å². The Balaban J connectivity index is 2.01. The zero-order valence-electron chi connectivity index (χ0n) is 14.2. The van der Waals surface area contributed by atoms with E-state index in [9.17, 15) is 14.4 Å². The van der Waals surface area contributed by atoms with Gasteiger partial charge in [0.2, 0.25) is 0 Å². The van der Waals surface area contributed by atoms with Crippen molar-refractivity contribution in [3.63, 3.8) is 0 Å². The summed E-state index contributed by atoms with van der Waals surface area (Å²) in [5.74, 6) is -1.21. The number of imide groups is 2. The molecule has 0 unspecified atom stereocenters. The first-order chi connectivity index (χ1) is 12.9. The molecular weight excluding hydrogens is 391 g/mol. The van der Waals surface area contributed by atoms with Gasteiger partial charge >= 0.3 is 6.03 Å². The summed E-state index contributed by atoms with van der Waals surface area (Å²) in [4.78, 5) is 38.0. The zero-order valence-corrected chi connectivity index (χ0v) is 15.7. The summed E-state index contributed by atoms with van der Waals surface area (Å²) in [6.07, 6.45) is 1.33. The molecule has 1 fully saturated rings. The van der Waals surface area contributed by atoms with Crippen molar-refractivity contribution in [1.29, 1.82) is 0 Å². The zero-order chi connectivity index (χ0) is 19.6. The molecule has 138 valence electrons. The van der Waals surface area contributed by atoms with Crippen LogP contribution in [0.2, 0.25) is 10.0 Å². The maximum atomic E-state index is 12.8. The molecule has 1 N–H and O–H groups in total. The molecule has 2 aromatic rings. The third-order valence-corrected chi connectivity index (χ3v) is 4.30. The average molecular weight is 405 g/mol. The van der Waals surface area contributed by atoms with Gasteiger partial charge < -0.3 is 4.74 Å². The fraction of sp³-hybridized carbons (Fsp3) is 0.105. The largest absolute Gasteiger partial charge is 0.491 e. The molecule has 0 bridgehead atoms. The summed E-state index contributed by atoms with van der Waals surface area (Å²) in [5, 5.41) is 2.65. The number of amides is 4. The molecule has 3 rings (SSSR count). The smallest absolute Gasteiger partial charge is 0.335 e. The number of nitrogens with zero attached hydrogens (tertiary/aromatic N) is 1. The van der Waals surface area contributed by atoms with Crippen LogP contribution in [-0.2, 0) is 9.59 Å². The number of benzene rings is 2. The van der Waals surface area contributed by atoms with Crippen molar-refractivity contribution >= 4 is 52.8 Å². The number of rotatable bonds is 4. The Kier molecular flexibility index (Phi) is 5.48.